The minimum absolute atomic E-state index is 0.0285. The van der Waals surface area contributed by atoms with Gasteiger partial charge in [-0.05, 0) is 41.3 Å². The van der Waals surface area contributed by atoms with Crippen LogP contribution in [0, 0.1) is 11.2 Å². The summed E-state index contributed by atoms with van der Waals surface area (Å²) in [5.41, 5.74) is 5.22. The highest BCUT2D eigenvalue weighted by molar-refractivity contribution is 7.66. The molecule has 0 fully saturated rings. The van der Waals surface area contributed by atoms with Crippen LogP contribution in [0.25, 0.3) is 0 Å². The van der Waals surface area contributed by atoms with Gasteiger partial charge < -0.3 is 30.3 Å². The average Bonchev–Trinajstić information content (AvgIpc) is 3.09. The molecule has 0 saturated carbocycles. The van der Waals surface area contributed by atoms with Crippen molar-refractivity contribution in [3.63, 3.8) is 0 Å². The topological polar surface area (TPSA) is 144 Å². The van der Waals surface area contributed by atoms with Crippen LogP contribution in [0.3, 0.4) is 0 Å². The Labute approximate surface area is 223 Å². The third-order valence-electron chi connectivity index (χ3n) is 6.08. The summed E-state index contributed by atoms with van der Waals surface area (Å²) >= 11 is 5.94. The average molecular weight is 565 g/mol. The Morgan fingerprint density at radius 3 is 2.61 bits per heavy atom. The second-order valence-corrected chi connectivity index (χ2v) is 12.4. The van der Waals surface area contributed by atoms with Crippen molar-refractivity contribution in [3.8, 4) is 5.75 Å². The molecule has 38 heavy (non-hydrogen) atoms. The summed E-state index contributed by atoms with van der Waals surface area (Å²) < 4.78 is 42.3. The summed E-state index contributed by atoms with van der Waals surface area (Å²) in [6.45, 7) is 5.22. The second kappa shape index (κ2) is 10.1. The Morgan fingerprint density at radius 1 is 1.29 bits per heavy atom. The van der Waals surface area contributed by atoms with Crippen LogP contribution in [-0.4, -0.2) is 47.4 Å². The number of nitrogens with two attached hydrogens (primary N) is 1. The molecule has 0 saturated heterocycles. The number of nitrogens with zero attached hydrogens (tertiary/aromatic N) is 2. The van der Waals surface area contributed by atoms with Crippen LogP contribution < -0.4 is 21.1 Å². The summed E-state index contributed by atoms with van der Waals surface area (Å²) in [4.78, 5) is 26.2. The fourth-order valence-corrected chi connectivity index (χ4v) is 6.17. The molecule has 2 aromatic carbocycles. The minimum Gasteiger partial charge on any atom is -0.509 e. The van der Waals surface area contributed by atoms with E-state index >= 15 is 0 Å². The lowest BCUT2D eigenvalue weighted by Crippen LogP contribution is -2.43. The van der Waals surface area contributed by atoms with E-state index in [0.717, 1.165) is 0 Å². The summed E-state index contributed by atoms with van der Waals surface area (Å²) in [6.07, 6.45) is 0. The van der Waals surface area contributed by atoms with Crippen molar-refractivity contribution in [1.82, 2.24) is 4.90 Å². The number of fused-ring (bicyclic) bond motifs is 1. The molecule has 2 aromatic rings. The maximum Gasteiger partial charge on any atom is 0.348 e. The van der Waals surface area contributed by atoms with Gasteiger partial charge in [0.25, 0.3) is 11.8 Å². The van der Waals surface area contributed by atoms with E-state index in [2.05, 4.69) is 10.1 Å². The summed E-state index contributed by atoms with van der Waals surface area (Å²) in [6, 6.07) is 7.82. The molecule has 0 aliphatic carbocycles. The van der Waals surface area contributed by atoms with Crippen LogP contribution in [0.1, 0.15) is 26.3 Å². The van der Waals surface area contributed by atoms with E-state index in [1.165, 1.54) is 48.4 Å². The Morgan fingerprint density at radius 2 is 2.00 bits per heavy atom. The van der Waals surface area contributed by atoms with Gasteiger partial charge in [-0.25, -0.2) is 4.39 Å². The van der Waals surface area contributed by atoms with Crippen molar-refractivity contribution in [2.45, 2.75) is 33.4 Å². The number of aliphatic hydroxyl groups is 1. The fraction of sp³-hybridized carbons (Fsp3) is 0.320. The van der Waals surface area contributed by atoms with E-state index in [0.29, 0.717) is 11.3 Å². The minimum atomic E-state index is -3.92. The Balaban J connectivity index is 1.74. The number of benzene rings is 2. The summed E-state index contributed by atoms with van der Waals surface area (Å²) in [7, 11) is -2.72. The largest absolute Gasteiger partial charge is 0.509 e. The zero-order valence-corrected chi connectivity index (χ0v) is 22.8. The summed E-state index contributed by atoms with van der Waals surface area (Å²) in [5, 5.41) is 14.4. The molecular formula is C25H27ClFN4O6P. The van der Waals surface area contributed by atoms with Gasteiger partial charge in [-0.1, -0.05) is 38.4 Å². The molecule has 0 bridgehead atoms. The molecule has 202 valence electrons. The zero-order chi connectivity index (χ0) is 28.0. The molecule has 0 aromatic heterocycles. The highest BCUT2D eigenvalue weighted by Crippen LogP contribution is 2.52. The number of amidine groups is 1. The molecule has 0 spiro atoms. The normalized spacial score (nSPS) is 21.2. The van der Waals surface area contributed by atoms with Crippen molar-refractivity contribution < 1.29 is 32.9 Å². The molecule has 0 radical (unpaired) electrons. The predicted molar refractivity (Wildman–Crippen MR) is 141 cm³/mol. The van der Waals surface area contributed by atoms with Gasteiger partial charge >= 0.3 is 7.52 Å². The fourth-order valence-electron chi connectivity index (χ4n) is 4.44. The molecule has 2 unspecified atom stereocenters. The molecule has 2 aliphatic heterocycles. The van der Waals surface area contributed by atoms with Gasteiger partial charge in [-0.15, -0.1) is 0 Å². The quantitative estimate of drug-likeness (QED) is 0.433. The number of halogens is 2. The standard InChI is InChI=1S/C25H27ClFN4O6P/c1-25(2,3)22-21(33)20(24(34)31(22)11-13-5-7-16(27)15(26)9-13)23-29-17-8-6-14(37-12-19(28)32)10-18(17)38(35,30-23)36-4/h5-10,22,33H,11-12H2,1-4H3,(H2,28,32)(H,29,30,35). The molecule has 2 amide bonds. The number of carbonyl (C=O) groups excluding carboxylic acids is 2. The smallest absolute Gasteiger partial charge is 0.348 e. The van der Waals surface area contributed by atoms with E-state index in [4.69, 9.17) is 26.6 Å². The van der Waals surface area contributed by atoms with Crippen LogP contribution in [0.4, 0.5) is 10.1 Å². The highest BCUT2D eigenvalue weighted by atomic mass is 35.5. The van der Waals surface area contributed by atoms with Crippen LogP contribution in [0.5, 0.6) is 5.75 Å². The van der Waals surface area contributed by atoms with Gasteiger partial charge in [0.1, 0.15) is 22.9 Å². The highest BCUT2D eigenvalue weighted by Gasteiger charge is 2.48. The predicted octanol–water partition coefficient (Wildman–Crippen LogP) is 3.90. The SMILES string of the molecule is COP1(=O)N=C(C2=C(O)C(C(C)(C)C)N(Cc3ccc(F)c(Cl)c3)C2=O)Nc2ccc(OCC(N)=O)cc21. The van der Waals surface area contributed by atoms with E-state index in [9.17, 15) is 23.7 Å². The van der Waals surface area contributed by atoms with E-state index in [1.54, 1.807) is 0 Å². The Kier molecular flexibility index (Phi) is 7.31. The summed E-state index contributed by atoms with van der Waals surface area (Å²) in [5.74, 6) is -1.99. The van der Waals surface area contributed by atoms with Gasteiger partial charge in [0.05, 0.1) is 22.1 Å². The zero-order valence-electron chi connectivity index (χ0n) is 21.1. The molecule has 13 heteroatoms. The maximum absolute atomic E-state index is 13.7. The van der Waals surface area contributed by atoms with Crippen LogP contribution in [0.2, 0.25) is 5.02 Å². The van der Waals surface area contributed by atoms with Crippen LogP contribution >= 0.6 is 19.1 Å². The molecule has 4 N–H and O–H groups in total. The van der Waals surface area contributed by atoms with Gasteiger partial charge in [0, 0.05) is 13.7 Å². The first-order chi connectivity index (χ1) is 17.7. The Bertz CT molecular complexity index is 1440. The molecular weight excluding hydrogens is 538 g/mol. The Hall–Kier alpha value is -3.40. The molecule has 2 atom stereocenters. The number of ether oxygens (including phenoxy) is 1. The van der Waals surface area contributed by atoms with Crippen molar-refractivity contribution in [2.75, 3.05) is 19.0 Å². The number of anilines is 1. The number of primary amides is 1. The number of carbonyl (C=O) groups is 2. The van der Waals surface area contributed by atoms with Gasteiger partial charge in [-0.3, -0.25) is 14.2 Å². The van der Waals surface area contributed by atoms with Crippen molar-refractivity contribution in [1.29, 1.82) is 0 Å². The molecule has 10 nitrogen and oxygen atoms in total. The van der Waals surface area contributed by atoms with Crippen molar-refractivity contribution in [2.24, 2.45) is 15.9 Å². The second-order valence-electron chi connectivity index (χ2n) is 9.92. The van der Waals surface area contributed by atoms with Gasteiger partial charge in [0.2, 0.25) is 0 Å². The van der Waals surface area contributed by atoms with Gasteiger partial charge in [-0.2, -0.15) is 4.76 Å². The first kappa shape index (κ1) is 27.6. The lowest BCUT2D eigenvalue weighted by Gasteiger charge is -2.35. The maximum atomic E-state index is 13.7. The van der Waals surface area contributed by atoms with Crippen LogP contribution in [0.15, 0.2) is 52.5 Å². The number of rotatable bonds is 7. The first-order valence-electron chi connectivity index (χ1n) is 11.5. The third kappa shape index (κ3) is 5.14. The number of hydrogen-bond donors (Lipinski definition) is 3. The lowest BCUT2D eigenvalue weighted by molar-refractivity contribution is -0.129. The first-order valence-corrected chi connectivity index (χ1v) is 13.5. The van der Waals surface area contributed by atoms with Gasteiger partial charge in [0.15, 0.2) is 12.4 Å². The number of hydrogen-bond acceptors (Lipinski definition) is 7. The van der Waals surface area contributed by atoms with E-state index in [-0.39, 0.29) is 46.4 Å². The van der Waals surface area contributed by atoms with Crippen molar-refractivity contribution in [3.05, 3.63) is 64.1 Å². The number of aliphatic hydroxyl groups excluding tert-OH is 1. The molecule has 4 rings (SSSR count). The number of amides is 2. The molecule has 2 aliphatic rings. The lowest BCUT2D eigenvalue weighted by atomic mass is 9.85. The van der Waals surface area contributed by atoms with E-state index < -0.39 is 36.6 Å². The van der Waals surface area contributed by atoms with Crippen molar-refractivity contribution >= 4 is 47.8 Å². The van der Waals surface area contributed by atoms with E-state index in [1.807, 2.05) is 20.8 Å². The molecule has 2 heterocycles. The van der Waals surface area contributed by atoms with Crippen LogP contribution in [-0.2, 0) is 25.2 Å². The third-order valence-corrected chi connectivity index (χ3v) is 8.31. The monoisotopic (exact) mass is 564 g/mol. The number of nitrogens with one attached hydrogen (secondary N) is 1.